The predicted octanol–water partition coefficient (Wildman–Crippen LogP) is 2.15. The fraction of sp³-hybridized carbons (Fsp3) is 0.222. The third kappa shape index (κ3) is 4.47. The molecular formula is C18H18FN5O. The van der Waals surface area contributed by atoms with Crippen LogP contribution in [0.1, 0.15) is 11.1 Å². The van der Waals surface area contributed by atoms with Crippen LogP contribution in [0.15, 0.2) is 48.5 Å². The summed E-state index contributed by atoms with van der Waals surface area (Å²) in [6.07, 6.45) is 0.428. The van der Waals surface area contributed by atoms with Crippen LogP contribution in [0.25, 0.3) is 11.4 Å². The van der Waals surface area contributed by atoms with Crippen molar-refractivity contribution < 1.29 is 9.18 Å². The molecule has 0 aliphatic carbocycles. The highest BCUT2D eigenvalue weighted by Gasteiger charge is 2.09. The summed E-state index contributed by atoms with van der Waals surface area (Å²) in [7, 11) is 0. The van der Waals surface area contributed by atoms with Crippen molar-refractivity contribution in [3.8, 4) is 11.4 Å². The minimum absolute atomic E-state index is 0.0316. The van der Waals surface area contributed by atoms with Gasteiger partial charge in [0.05, 0.1) is 0 Å². The first-order valence-electron chi connectivity index (χ1n) is 7.97. The molecule has 2 aromatic carbocycles. The summed E-state index contributed by atoms with van der Waals surface area (Å²) in [5.41, 5.74) is 2.56. The zero-order valence-electron chi connectivity index (χ0n) is 13.8. The lowest BCUT2D eigenvalue weighted by Crippen LogP contribution is -2.30. The molecule has 1 aromatic heterocycles. The van der Waals surface area contributed by atoms with Gasteiger partial charge in [0.1, 0.15) is 12.4 Å². The second-order valence-corrected chi connectivity index (χ2v) is 5.70. The second kappa shape index (κ2) is 7.65. The van der Waals surface area contributed by atoms with Crippen LogP contribution in [0.4, 0.5) is 4.39 Å². The van der Waals surface area contributed by atoms with Crippen molar-refractivity contribution in [3.63, 3.8) is 0 Å². The molecule has 0 spiro atoms. The Morgan fingerprint density at radius 2 is 1.92 bits per heavy atom. The van der Waals surface area contributed by atoms with Crippen LogP contribution < -0.4 is 5.32 Å². The Bertz CT molecular complexity index is 860. The number of nitrogens with one attached hydrogen (secondary N) is 1. The summed E-state index contributed by atoms with van der Waals surface area (Å²) in [6, 6.07) is 14.3. The molecule has 25 heavy (non-hydrogen) atoms. The summed E-state index contributed by atoms with van der Waals surface area (Å²) < 4.78 is 13.5. The molecule has 0 saturated heterocycles. The Labute approximate surface area is 144 Å². The minimum atomic E-state index is -0.266. The van der Waals surface area contributed by atoms with Crippen LogP contribution in [-0.4, -0.2) is 32.7 Å². The number of carbonyl (C=O) groups is 1. The van der Waals surface area contributed by atoms with Crippen molar-refractivity contribution in [2.24, 2.45) is 0 Å². The van der Waals surface area contributed by atoms with Crippen molar-refractivity contribution in [1.82, 2.24) is 25.5 Å². The van der Waals surface area contributed by atoms with Crippen molar-refractivity contribution >= 4 is 5.91 Å². The molecule has 1 heterocycles. The molecule has 0 fully saturated rings. The van der Waals surface area contributed by atoms with Crippen LogP contribution >= 0.6 is 0 Å². The molecule has 1 amide bonds. The topological polar surface area (TPSA) is 72.7 Å². The van der Waals surface area contributed by atoms with Gasteiger partial charge in [-0.2, -0.15) is 4.80 Å². The molecule has 7 heteroatoms. The van der Waals surface area contributed by atoms with Crippen LogP contribution in [0.3, 0.4) is 0 Å². The average Bonchev–Trinajstić information content (AvgIpc) is 3.05. The molecule has 0 saturated carbocycles. The molecule has 0 aliphatic heterocycles. The first-order valence-corrected chi connectivity index (χ1v) is 7.97. The zero-order chi connectivity index (χ0) is 17.6. The summed E-state index contributed by atoms with van der Waals surface area (Å²) in [6.45, 7) is 2.31. The Balaban J connectivity index is 1.51. The van der Waals surface area contributed by atoms with E-state index in [4.69, 9.17) is 0 Å². The van der Waals surface area contributed by atoms with Crippen molar-refractivity contribution in [1.29, 1.82) is 0 Å². The number of amides is 1. The van der Waals surface area contributed by atoms with Gasteiger partial charge in [-0.25, -0.2) is 4.39 Å². The Morgan fingerprint density at radius 3 is 2.68 bits per heavy atom. The highest BCUT2D eigenvalue weighted by atomic mass is 19.1. The molecule has 0 radical (unpaired) electrons. The molecule has 0 bridgehead atoms. The van der Waals surface area contributed by atoms with Gasteiger partial charge in [0.15, 0.2) is 0 Å². The van der Waals surface area contributed by atoms with Crippen LogP contribution in [-0.2, 0) is 17.8 Å². The molecule has 3 rings (SSSR count). The highest BCUT2D eigenvalue weighted by Crippen LogP contribution is 2.13. The van der Waals surface area contributed by atoms with Crippen molar-refractivity contribution in [3.05, 3.63) is 65.5 Å². The Morgan fingerprint density at radius 1 is 1.16 bits per heavy atom. The van der Waals surface area contributed by atoms with Crippen LogP contribution in [0.5, 0.6) is 0 Å². The number of halogens is 1. The van der Waals surface area contributed by atoms with Crippen LogP contribution in [0.2, 0.25) is 0 Å². The smallest absolute Gasteiger partial charge is 0.243 e. The normalized spacial score (nSPS) is 10.6. The molecule has 0 unspecified atom stereocenters. The first-order chi connectivity index (χ1) is 12.1. The fourth-order valence-corrected chi connectivity index (χ4v) is 2.35. The monoisotopic (exact) mass is 339 g/mol. The van der Waals surface area contributed by atoms with Gasteiger partial charge in [0.25, 0.3) is 0 Å². The van der Waals surface area contributed by atoms with E-state index in [1.54, 1.807) is 18.2 Å². The number of hydrogen-bond donors (Lipinski definition) is 1. The Hall–Kier alpha value is -3.09. The number of nitrogens with zero attached hydrogens (tertiary/aromatic N) is 4. The van der Waals surface area contributed by atoms with Gasteiger partial charge in [-0.05, 0) is 30.2 Å². The van der Waals surface area contributed by atoms with E-state index in [-0.39, 0.29) is 18.3 Å². The third-order valence-electron chi connectivity index (χ3n) is 3.72. The molecule has 6 nitrogen and oxygen atoms in total. The fourth-order valence-electron chi connectivity index (χ4n) is 2.35. The quantitative estimate of drug-likeness (QED) is 0.747. The van der Waals surface area contributed by atoms with Gasteiger partial charge in [-0.1, -0.05) is 48.0 Å². The molecular weight excluding hydrogens is 321 g/mol. The summed E-state index contributed by atoms with van der Waals surface area (Å²) in [5, 5.41) is 14.8. The maximum atomic E-state index is 13.5. The highest BCUT2D eigenvalue weighted by molar-refractivity contribution is 5.75. The lowest BCUT2D eigenvalue weighted by Gasteiger charge is -2.05. The number of tetrazole rings is 1. The van der Waals surface area contributed by atoms with Crippen molar-refractivity contribution in [2.75, 3.05) is 6.54 Å². The van der Waals surface area contributed by atoms with E-state index in [0.29, 0.717) is 24.4 Å². The van der Waals surface area contributed by atoms with Gasteiger partial charge in [0.2, 0.25) is 11.7 Å². The van der Waals surface area contributed by atoms with Gasteiger partial charge in [0, 0.05) is 12.1 Å². The van der Waals surface area contributed by atoms with E-state index in [2.05, 4.69) is 20.7 Å². The number of rotatable bonds is 6. The van der Waals surface area contributed by atoms with Gasteiger partial charge in [-0.3, -0.25) is 4.79 Å². The maximum absolute atomic E-state index is 13.5. The lowest BCUT2D eigenvalue weighted by molar-refractivity contribution is -0.122. The number of aromatic nitrogens is 4. The largest absolute Gasteiger partial charge is 0.354 e. The van der Waals surface area contributed by atoms with E-state index >= 15 is 0 Å². The molecule has 0 atom stereocenters. The van der Waals surface area contributed by atoms with Gasteiger partial charge in [-0.15, -0.1) is 10.2 Å². The maximum Gasteiger partial charge on any atom is 0.243 e. The number of carbonyl (C=O) groups excluding carboxylic acids is 1. The minimum Gasteiger partial charge on any atom is -0.354 e. The van der Waals surface area contributed by atoms with E-state index in [1.165, 1.54) is 10.9 Å². The predicted molar refractivity (Wildman–Crippen MR) is 91.1 cm³/mol. The average molecular weight is 339 g/mol. The van der Waals surface area contributed by atoms with E-state index in [9.17, 15) is 9.18 Å². The first kappa shape index (κ1) is 16.8. The third-order valence-corrected chi connectivity index (χ3v) is 3.72. The lowest BCUT2D eigenvalue weighted by atomic mass is 10.1. The number of aryl methyl sites for hydroxylation is 1. The van der Waals surface area contributed by atoms with E-state index < -0.39 is 0 Å². The number of hydrogen-bond acceptors (Lipinski definition) is 4. The molecule has 1 N–H and O–H groups in total. The van der Waals surface area contributed by atoms with Crippen LogP contribution in [0, 0.1) is 12.7 Å². The van der Waals surface area contributed by atoms with E-state index in [1.807, 2.05) is 31.2 Å². The van der Waals surface area contributed by atoms with Gasteiger partial charge >= 0.3 is 0 Å². The molecule has 3 aromatic rings. The Kier molecular flexibility index (Phi) is 5.13. The second-order valence-electron chi connectivity index (χ2n) is 5.70. The summed E-state index contributed by atoms with van der Waals surface area (Å²) in [5.74, 6) is -0.0409. The van der Waals surface area contributed by atoms with E-state index in [0.717, 1.165) is 11.1 Å². The summed E-state index contributed by atoms with van der Waals surface area (Å²) in [4.78, 5) is 13.2. The molecule has 128 valence electrons. The molecule has 0 aliphatic rings. The zero-order valence-corrected chi connectivity index (χ0v) is 13.8. The number of benzene rings is 2. The van der Waals surface area contributed by atoms with Gasteiger partial charge < -0.3 is 5.32 Å². The standard InChI is InChI=1S/C18H18FN5O/c1-13-6-8-15(9-7-13)18-21-23-24(22-18)12-17(25)20-11-10-14-4-2-3-5-16(14)19/h2-9H,10-12H2,1H3,(H,20,25). The summed E-state index contributed by atoms with van der Waals surface area (Å²) >= 11 is 0. The SMILES string of the molecule is Cc1ccc(-c2nnn(CC(=O)NCCc3ccccc3F)n2)cc1. The van der Waals surface area contributed by atoms with Crippen molar-refractivity contribution in [2.45, 2.75) is 19.9 Å².